The first-order valence-corrected chi connectivity index (χ1v) is 17.9. The molecule has 0 heterocycles. The lowest BCUT2D eigenvalue weighted by atomic mass is 9.98. The van der Waals surface area contributed by atoms with E-state index in [1.54, 1.807) is 25.3 Å². The molecule has 4 aromatic carbocycles. The Morgan fingerprint density at radius 1 is 0.808 bits per heavy atom. The molecule has 4 rings (SSSR count). The third-order valence-electron chi connectivity index (χ3n) is 7.82. The highest BCUT2D eigenvalue weighted by Gasteiger charge is 2.17. The van der Waals surface area contributed by atoms with E-state index >= 15 is 0 Å². The number of fused-ring (bicyclic) bond motifs is 1. The number of anilines is 2. The van der Waals surface area contributed by atoms with Crippen molar-refractivity contribution in [3.8, 4) is 5.75 Å². The number of halogens is 2. The number of para-hydroxylation sites is 2. The molecule has 0 aliphatic carbocycles. The fourth-order valence-electron chi connectivity index (χ4n) is 4.98. The van der Waals surface area contributed by atoms with Gasteiger partial charge < -0.3 is 29.1 Å². The van der Waals surface area contributed by atoms with Gasteiger partial charge in [-0.05, 0) is 84.8 Å². The maximum atomic E-state index is 12.2. The number of unbranched alkanes of at least 4 members (excludes halogenated alkanes) is 3. The maximum absolute atomic E-state index is 12.2. The molecule has 11 nitrogen and oxygen atoms in total. The Bertz CT molecular complexity index is 1720. The Kier molecular flexibility index (Phi) is 18.6. The van der Waals surface area contributed by atoms with Crippen LogP contribution in [-0.2, 0) is 35.1 Å². The first kappa shape index (κ1) is 41.8. The van der Waals surface area contributed by atoms with Crippen molar-refractivity contribution >= 4 is 57.3 Å². The number of nitrogens with zero attached hydrogens (tertiary/aromatic N) is 1. The monoisotopic (exact) mass is 756 g/mol. The first-order valence-electron chi connectivity index (χ1n) is 17.2. The summed E-state index contributed by atoms with van der Waals surface area (Å²) >= 11 is 12.4. The zero-order chi connectivity index (χ0) is 37.7. The number of esters is 2. The van der Waals surface area contributed by atoms with Gasteiger partial charge in [0.25, 0.3) is 5.09 Å². The lowest BCUT2D eigenvalue weighted by Gasteiger charge is -2.14. The highest BCUT2D eigenvalue weighted by atomic mass is 35.5. The number of carbonyl (C=O) groups is 2. The van der Waals surface area contributed by atoms with Crippen LogP contribution in [0.1, 0.15) is 63.0 Å². The van der Waals surface area contributed by atoms with Gasteiger partial charge in [-0.2, -0.15) is 0 Å². The highest BCUT2D eigenvalue weighted by Crippen LogP contribution is 2.34. The van der Waals surface area contributed by atoms with Crippen molar-refractivity contribution in [2.24, 2.45) is 0 Å². The van der Waals surface area contributed by atoms with E-state index in [9.17, 15) is 19.7 Å². The minimum absolute atomic E-state index is 0.0893. The van der Waals surface area contributed by atoms with Gasteiger partial charge in [0.05, 0.1) is 55.0 Å². The van der Waals surface area contributed by atoms with Gasteiger partial charge in [0.1, 0.15) is 12.4 Å². The molecule has 0 aromatic heterocycles. The zero-order valence-electron chi connectivity index (χ0n) is 29.7. The smallest absolute Gasteiger partial charge is 0.313 e. The zero-order valence-corrected chi connectivity index (χ0v) is 31.3. The molecule has 0 amide bonds. The molecule has 1 unspecified atom stereocenters. The summed E-state index contributed by atoms with van der Waals surface area (Å²) in [6.45, 7) is 5.75. The van der Waals surface area contributed by atoms with Crippen molar-refractivity contribution < 1.29 is 38.5 Å². The molecule has 0 radical (unpaired) electrons. The fourth-order valence-corrected chi connectivity index (χ4v) is 5.48. The molecule has 0 aliphatic rings. The number of rotatable bonds is 20. The number of methoxy groups -OCH3 is 1. The Hall–Kier alpha value is -4.58. The van der Waals surface area contributed by atoms with Crippen molar-refractivity contribution in [2.75, 3.05) is 45.5 Å². The van der Waals surface area contributed by atoms with E-state index < -0.39 is 5.09 Å². The van der Waals surface area contributed by atoms with E-state index in [-0.39, 0.29) is 30.9 Å². The molecular formula is C39H46Cl2N2O9. The van der Waals surface area contributed by atoms with Crippen molar-refractivity contribution in [2.45, 2.75) is 58.3 Å². The van der Waals surface area contributed by atoms with Crippen LogP contribution in [0, 0.1) is 10.1 Å². The number of nitrogens with one attached hydrogen (secondary N) is 1. The average Bonchev–Trinajstić information content (AvgIpc) is 3.14. The topological polar surface area (TPSA) is 135 Å². The molecule has 0 aliphatic heterocycles. The molecule has 1 N–H and O–H groups in total. The van der Waals surface area contributed by atoms with E-state index in [2.05, 4.69) is 10.2 Å². The van der Waals surface area contributed by atoms with Gasteiger partial charge in [-0.15, -0.1) is 10.1 Å². The first-order chi connectivity index (χ1) is 25.1. The summed E-state index contributed by atoms with van der Waals surface area (Å²) in [4.78, 5) is 38.5. The summed E-state index contributed by atoms with van der Waals surface area (Å²) in [6, 6.07) is 24.5. The molecule has 280 valence electrons. The van der Waals surface area contributed by atoms with Crippen LogP contribution in [0.4, 0.5) is 11.4 Å². The summed E-state index contributed by atoms with van der Waals surface area (Å²) in [5, 5.41) is 15.5. The number of ether oxygens (including phenoxy) is 4. The molecule has 0 fully saturated rings. The molecule has 13 heteroatoms. The van der Waals surface area contributed by atoms with Crippen LogP contribution in [0.25, 0.3) is 10.8 Å². The fraction of sp³-hybridized carbons (Fsp3) is 0.385. The van der Waals surface area contributed by atoms with Gasteiger partial charge in [-0.3, -0.25) is 9.59 Å². The molecule has 4 aromatic rings. The number of hydrogen-bond acceptors (Lipinski definition) is 10. The average molecular weight is 758 g/mol. The van der Waals surface area contributed by atoms with Gasteiger partial charge in [-0.25, -0.2) is 0 Å². The second-order valence-corrected chi connectivity index (χ2v) is 12.5. The predicted molar refractivity (Wildman–Crippen MR) is 203 cm³/mol. The van der Waals surface area contributed by atoms with Crippen molar-refractivity contribution in [1.29, 1.82) is 0 Å². The Labute approximate surface area is 314 Å². The Morgan fingerprint density at radius 2 is 1.50 bits per heavy atom. The maximum Gasteiger partial charge on any atom is 0.313 e. The predicted octanol–water partition coefficient (Wildman–Crippen LogP) is 9.51. The van der Waals surface area contributed by atoms with E-state index in [0.717, 1.165) is 52.6 Å². The Morgan fingerprint density at radius 3 is 2.21 bits per heavy atom. The second kappa shape index (κ2) is 23.1. The van der Waals surface area contributed by atoms with Crippen LogP contribution >= 0.6 is 23.2 Å². The van der Waals surface area contributed by atoms with Crippen molar-refractivity contribution in [3.05, 3.63) is 110 Å². The number of hydrogen-bond donors (Lipinski definition) is 1. The molecule has 0 spiro atoms. The van der Waals surface area contributed by atoms with E-state index in [1.807, 2.05) is 74.5 Å². The summed E-state index contributed by atoms with van der Waals surface area (Å²) in [7, 11) is 1.65. The van der Waals surface area contributed by atoms with Crippen LogP contribution in [0.5, 0.6) is 5.75 Å². The van der Waals surface area contributed by atoms with E-state index in [4.69, 9.17) is 42.1 Å². The minimum Gasteiger partial charge on any atom is -0.497 e. The summed E-state index contributed by atoms with van der Waals surface area (Å²) in [6.07, 6.45) is 3.94. The van der Waals surface area contributed by atoms with Crippen LogP contribution in [0.2, 0.25) is 10.0 Å². The van der Waals surface area contributed by atoms with Gasteiger partial charge >= 0.3 is 11.9 Å². The van der Waals surface area contributed by atoms with Crippen molar-refractivity contribution in [3.63, 3.8) is 0 Å². The van der Waals surface area contributed by atoms with Crippen LogP contribution in [0.15, 0.2) is 78.9 Å². The molecule has 52 heavy (non-hydrogen) atoms. The SMILES string of the molecule is CCCOCCOC(=O)C(C)c1ccc2cc(OC)ccc2c1.O=C(Cc1ccccc1Nc1c(Cl)cccc1Cl)OCCCCCCO[N+](=O)[O-]. The van der Waals surface area contributed by atoms with Gasteiger partial charge in [0, 0.05) is 12.3 Å². The number of carbonyl (C=O) groups excluding carboxylic acids is 2. The third kappa shape index (κ3) is 14.6. The minimum atomic E-state index is -0.797. The van der Waals surface area contributed by atoms with Crippen LogP contribution < -0.4 is 10.1 Å². The normalized spacial score (nSPS) is 11.2. The standard InChI is InChI=1S/C20H22Cl2N2O5.C19H24O4/c21-16-9-7-10-17(22)20(16)23-18-11-4-3-8-15(18)14-19(25)28-12-5-1-2-6-13-29-24(26)27;1-4-9-22-10-11-23-19(20)14(2)15-5-6-17-13-18(21-3)8-7-16(17)12-15/h3-4,7-11,23H,1-2,5-6,12-14H2;5-8,12-14H,4,9-11H2,1-3H3. The molecular weight excluding hydrogens is 711 g/mol. The summed E-state index contributed by atoms with van der Waals surface area (Å²) < 4.78 is 21.1. The molecule has 0 saturated heterocycles. The van der Waals surface area contributed by atoms with Crippen LogP contribution in [0.3, 0.4) is 0 Å². The van der Waals surface area contributed by atoms with Gasteiger partial charge in [-0.1, -0.05) is 85.1 Å². The third-order valence-corrected chi connectivity index (χ3v) is 8.45. The quantitative estimate of drug-likeness (QED) is 0.0402. The highest BCUT2D eigenvalue weighted by molar-refractivity contribution is 6.39. The van der Waals surface area contributed by atoms with Gasteiger partial charge in [0.15, 0.2) is 0 Å². The lowest BCUT2D eigenvalue weighted by Crippen LogP contribution is -2.16. The number of benzene rings is 4. The lowest BCUT2D eigenvalue weighted by molar-refractivity contribution is -0.757. The van der Waals surface area contributed by atoms with Crippen molar-refractivity contribution in [1.82, 2.24) is 0 Å². The van der Waals surface area contributed by atoms with Gasteiger partial charge in [0.2, 0.25) is 0 Å². The molecule has 1 atom stereocenters. The summed E-state index contributed by atoms with van der Waals surface area (Å²) in [5.41, 5.74) is 3.02. The van der Waals surface area contributed by atoms with E-state index in [0.29, 0.717) is 55.0 Å². The largest absolute Gasteiger partial charge is 0.497 e. The van der Waals surface area contributed by atoms with E-state index in [1.165, 1.54) is 0 Å². The Balaban J connectivity index is 0.000000288. The second-order valence-electron chi connectivity index (χ2n) is 11.7. The molecule has 0 bridgehead atoms. The summed E-state index contributed by atoms with van der Waals surface area (Å²) in [5.74, 6) is -0.0309. The molecule has 0 saturated carbocycles. The van der Waals surface area contributed by atoms with Crippen LogP contribution in [-0.4, -0.2) is 57.2 Å².